The fraction of sp³-hybridized carbons (Fsp3) is 0.444. The summed E-state index contributed by atoms with van der Waals surface area (Å²) in [5, 5.41) is 16.8. The van der Waals surface area contributed by atoms with Crippen molar-refractivity contribution in [2.24, 2.45) is 5.41 Å². The highest BCUT2D eigenvalue weighted by Crippen LogP contribution is 2.26. The predicted octanol–water partition coefficient (Wildman–Crippen LogP) is 1.36. The van der Waals surface area contributed by atoms with Gasteiger partial charge in [-0.15, -0.1) is 0 Å². The highest BCUT2D eigenvalue weighted by Gasteiger charge is 2.43. The van der Waals surface area contributed by atoms with Gasteiger partial charge in [0.15, 0.2) is 0 Å². The number of hydrogen-bond donors (Lipinski definition) is 4. The summed E-state index contributed by atoms with van der Waals surface area (Å²) >= 11 is 0. The average molecular weight is 361 g/mol. The average Bonchev–Trinajstić information content (AvgIpc) is 2.89. The molecule has 0 radical (unpaired) electrons. The van der Waals surface area contributed by atoms with Crippen LogP contribution in [0.25, 0.3) is 0 Å². The quantitative estimate of drug-likeness (QED) is 0.546. The number of rotatable bonds is 7. The molecule has 4 N–H and O–H groups in total. The Bertz CT molecular complexity index is 740. The van der Waals surface area contributed by atoms with E-state index in [9.17, 15) is 24.3 Å². The maximum Gasteiger partial charge on any atom is 0.322 e. The highest BCUT2D eigenvalue weighted by molar-refractivity contribution is 6.07. The van der Waals surface area contributed by atoms with Gasteiger partial charge in [0, 0.05) is 12.1 Å². The van der Waals surface area contributed by atoms with Gasteiger partial charge in [-0.2, -0.15) is 0 Å². The van der Waals surface area contributed by atoms with Crippen LogP contribution in [0.2, 0.25) is 0 Å². The second-order valence-corrected chi connectivity index (χ2v) is 6.59. The molecular formula is C18H23N3O5. The molecule has 1 unspecified atom stereocenters. The molecule has 1 heterocycles. The van der Waals surface area contributed by atoms with Crippen molar-refractivity contribution in [3.8, 4) is 0 Å². The Morgan fingerprint density at radius 1 is 1.15 bits per heavy atom. The first-order valence-corrected chi connectivity index (χ1v) is 8.44. The van der Waals surface area contributed by atoms with Crippen molar-refractivity contribution < 1.29 is 24.3 Å². The third-order valence-electron chi connectivity index (χ3n) is 5.16. The second-order valence-electron chi connectivity index (χ2n) is 6.59. The summed E-state index contributed by atoms with van der Waals surface area (Å²) in [5.74, 6) is -1.79. The van der Waals surface area contributed by atoms with Crippen molar-refractivity contribution in [3.05, 3.63) is 35.4 Å². The Morgan fingerprint density at radius 3 is 2.15 bits per heavy atom. The lowest BCUT2D eigenvalue weighted by molar-refractivity contribution is -0.149. The molecule has 1 aliphatic heterocycles. The van der Waals surface area contributed by atoms with Gasteiger partial charge in [0.2, 0.25) is 0 Å². The van der Waals surface area contributed by atoms with Crippen LogP contribution in [0, 0.1) is 5.41 Å². The molecule has 0 saturated carbocycles. The van der Waals surface area contributed by atoms with Crippen molar-refractivity contribution in [2.75, 3.05) is 6.54 Å². The lowest BCUT2D eigenvalue weighted by Crippen LogP contribution is -2.42. The van der Waals surface area contributed by atoms with Gasteiger partial charge in [-0.3, -0.25) is 19.7 Å². The topological polar surface area (TPSA) is 125 Å². The number of carbonyl (C=O) groups excluding carboxylic acids is 3. The van der Waals surface area contributed by atoms with E-state index >= 15 is 0 Å². The molecule has 1 atom stereocenters. The summed E-state index contributed by atoms with van der Waals surface area (Å²) in [6.07, 6.45) is 0.816. The number of benzene rings is 1. The van der Waals surface area contributed by atoms with E-state index in [0.717, 1.165) is 0 Å². The van der Waals surface area contributed by atoms with E-state index in [2.05, 4.69) is 16.0 Å². The molecule has 8 nitrogen and oxygen atoms in total. The highest BCUT2D eigenvalue weighted by atomic mass is 16.4. The van der Waals surface area contributed by atoms with Crippen LogP contribution in [-0.2, 0) is 15.1 Å². The SMILES string of the molecule is CCC(CC)(CNC(=O)c1ccc(C2(C)NC(=O)NC2=O)cc1)C(=O)O. The zero-order valence-electron chi connectivity index (χ0n) is 15.0. The smallest absolute Gasteiger partial charge is 0.322 e. The van der Waals surface area contributed by atoms with E-state index in [1.165, 1.54) is 12.1 Å². The Hall–Kier alpha value is -2.90. The van der Waals surface area contributed by atoms with Crippen molar-refractivity contribution in [1.29, 1.82) is 0 Å². The Balaban J connectivity index is 2.11. The van der Waals surface area contributed by atoms with Gasteiger partial charge < -0.3 is 15.7 Å². The fourth-order valence-corrected chi connectivity index (χ4v) is 2.93. The molecule has 4 amide bonds. The van der Waals surface area contributed by atoms with Crippen LogP contribution in [0.4, 0.5) is 4.79 Å². The van der Waals surface area contributed by atoms with Gasteiger partial charge in [-0.05, 0) is 37.5 Å². The van der Waals surface area contributed by atoms with Crippen LogP contribution in [0.1, 0.15) is 49.5 Å². The number of hydrogen-bond acceptors (Lipinski definition) is 4. The number of carbonyl (C=O) groups is 4. The molecule has 140 valence electrons. The maximum absolute atomic E-state index is 12.3. The lowest BCUT2D eigenvalue weighted by atomic mass is 9.82. The van der Waals surface area contributed by atoms with Gasteiger partial charge in [-0.1, -0.05) is 26.0 Å². The summed E-state index contributed by atoms with van der Waals surface area (Å²) in [4.78, 5) is 47.1. The minimum Gasteiger partial charge on any atom is -0.481 e. The number of aliphatic carboxylic acids is 1. The van der Waals surface area contributed by atoms with Crippen LogP contribution >= 0.6 is 0 Å². The summed E-state index contributed by atoms with van der Waals surface area (Å²) in [6, 6.07) is 5.68. The van der Waals surface area contributed by atoms with Crippen molar-refractivity contribution in [3.63, 3.8) is 0 Å². The minimum atomic E-state index is -1.19. The van der Waals surface area contributed by atoms with Crippen LogP contribution < -0.4 is 16.0 Å². The molecule has 2 rings (SSSR count). The van der Waals surface area contributed by atoms with Gasteiger partial charge in [0.1, 0.15) is 5.54 Å². The second kappa shape index (κ2) is 7.15. The molecule has 0 spiro atoms. The molecule has 1 aliphatic rings. The summed E-state index contributed by atoms with van der Waals surface area (Å²) in [5.41, 5.74) is -1.29. The van der Waals surface area contributed by atoms with Crippen LogP contribution in [0.3, 0.4) is 0 Å². The first-order valence-electron chi connectivity index (χ1n) is 8.44. The molecule has 8 heteroatoms. The number of carboxylic acid groups (broad SMARTS) is 1. The normalized spacial score (nSPS) is 19.7. The van der Waals surface area contributed by atoms with E-state index < -0.39 is 34.8 Å². The number of urea groups is 1. The third-order valence-corrected chi connectivity index (χ3v) is 5.16. The standard InChI is InChI=1S/C18H23N3O5/c1-4-18(5-2,15(24)25)10-19-13(22)11-6-8-12(9-7-11)17(3)14(23)20-16(26)21-17/h6-9H,4-5,10H2,1-3H3,(H,19,22)(H,24,25)(H2,20,21,23,26). The molecule has 1 fully saturated rings. The summed E-state index contributed by atoms with van der Waals surface area (Å²) in [6.45, 7) is 5.17. The zero-order chi connectivity index (χ0) is 19.5. The molecule has 1 aromatic carbocycles. The van der Waals surface area contributed by atoms with Crippen LogP contribution in [-0.4, -0.2) is 35.5 Å². The summed E-state index contributed by atoms with van der Waals surface area (Å²) in [7, 11) is 0. The van der Waals surface area contributed by atoms with Crippen LogP contribution in [0.15, 0.2) is 24.3 Å². The zero-order valence-corrected chi connectivity index (χ0v) is 15.0. The maximum atomic E-state index is 12.3. The van der Waals surface area contributed by atoms with E-state index in [1.54, 1.807) is 32.9 Å². The molecular weight excluding hydrogens is 338 g/mol. The molecule has 26 heavy (non-hydrogen) atoms. The monoisotopic (exact) mass is 361 g/mol. The van der Waals surface area contributed by atoms with E-state index in [-0.39, 0.29) is 6.54 Å². The predicted molar refractivity (Wildman–Crippen MR) is 93.5 cm³/mol. The Kier molecular flexibility index (Phi) is 5.34. The number of amides is 4. The van der Waals surface area contributed by atoms with Crippen molar-refractivity contribution in [1.82, 2.24) is 16.0 Å². The fourth-order valence-electron chi connectivity index (χ4n) is 2.93. The molecule has 1 saturated heterocycles. The third kappa shape index (κ3) is 3.40. The van der Waals surface area contributed by atoms with Crippen molar-refractivity contribution in [2.45, 2.75) is 39.2 Å². The first-order chi connectivity index (χ1) is 12.2. The Labute approximate surface area is 151 Å². The van der Waals surface area contributed by atoms with Crippen LogP contribution in [0.5, 0.6) is 0 Å². The van der Waals surface area contributed by atoms with Gasteiger partial charge in [0.25, 0.3) is 11.8 Å². The largest absolute Gasteiger partial charge is 0.481 e. The molecule has 0 aliphatic carbocycles. The molecule has 1 aromatic rings. The van der Waals surface area contributed by atoms with E-state index in [1.807, 2.05) is 0 Å². The number of nitrogens with one attached hydrogen (secondary N) is 3. The number of imide groups is 1. The van der Waals surface area contributed by atoms with E-state index in [4.69, 9.17) is 0 Å². The van der Waals surface area contributed by atoms with Gasteiger partial charge in [-0.25, -0.2) is 4.79 Å². The van der Waals surface area contributed by atoms with Crippen molar-refractivity contribution >= 4 is 23.8 Å². The van der Waals surface area contributed by atoms with Gasteiger partial charge in [0.05, 0.1) is 5.41 Å². The first kappa shape index (κ1) is 19.4. The minimum absolute atomic E-state index is 0.0338. The summed E-state index contributed by atoms with van der Waals surface area (Å²) < 4.78 is 0. The molecule has 0 aromatic heterocycles. The number of carboxylic acids is 1. The van der Waals surface area contributed by atoms with Gasteiger partial charge >= 0.3 is 12.0 Å². The Morgan fingerprint density at radius 2 is 1.73 bits per heavy atom. The molecule has 0 bridgehead atoms. The van der Waals surface area contributed by atoms with E-state index in [0.29, 0.717) is 24.0 Å². The lowest BCUT2D eigenvalue weighted by Gasteiger charge is -2.27.